The highest BCUT2D eigenvalue weighted by atomic mass is 32.2. The van der Waals surface area contributed by atoms with Crippen molar-refractivity contribution in [2.75, 3.05) is 11.1 Å². The maximum atomic E-state index is 12.5. The topological polar surface area (TPSA) is 29.1 Å². The lowest BCUT2D eigenvalue weighted by molar-refractivity contribution is 0.102. The van der Waals surface area contributed by atoms with Crippen LogP contribution in [0.25, 0.3) is 0 Å². The lowest BCUT2D eigenvalue weighted by Crippen LogP contribution is -2.12. The number of thioether (sulfide) groups is 2. The van der Waals surface area contributed by atoms with Crippen molar-refractivity contribution in [1.82, 2.24) is 0 Å². The molecule has 0 bridgehead atoms. The Balaban J connectivity index is 1.62. The largest absolute Gasteiger partial charge is 0.321 e. The summed E-state index contributed by atoms with van der Waals surface area (Å²) in [4.78, 5) is 14.9. The molecule has 26 heavy (non-hydrogen) atoms. The van der Waals surface area contributed by atoms with Crippen LogP contribution in [0.15, 0.2) is 88.7 Å². The number of benzene rings is 3. The molecule has 0 aliphatic rings. The number of carbonyl (C=O) groups is 1. The molecule has 0 radical (unpaired) electrons. The fourth-order valence-corrected chi connectivity index (χ4v) is 4.12. The van der Waals surface area contributed by atoms with Crippen molar-refractivity contribution in [2.45, 2.75) is 22.5 Å². The molecule has 0 atom stereocenters. The number of para-hydroxylation sites is 1. The first-order valence-corrected chi connectivity index (χ1v) is 10.5. The lowest BCUT2D eigenvalue weighted by Gasteiger charge is -2.10. The molecule has 0 saturated carbocycles. The average Bonchev–Trinajstić information content (AvgIpc) is 2.69. The molecule has 0 aliphatic carbocycles. The molecule has 3 aromatic carbocycles. The number of hydrogen-bond donors (Lipinski definition) is 1. The van der Waals surface area contributed by atoms with E-state index in [0.29, 0.717) is 5.56 Å². The Hall–Kier alpha value is -2.17. The smallest absolute Gasteiger partial charge is 0.255 e. The van der Waals surface area contributed by atoms with Gasteiger partial charge < -0.3 is 5.32 Å². The van der Waals surface area contributed by atoms with Crippen molar-refractivity contribution >= 4 is 35.1 Å². The second kappa shape index (κ2) is 9.51. The van der Waals surface area contributed by atoms with Crippen LogP contribution < -0.4 is 5.32 Å². The zero-order valence-corrected chi connectivity index (χ0v) is 16.3. The van der Waals surface area contributed by atoms with Gasteiger partial charge in [0, 0.05) is 21.1 Å². The van der Waals surface area contributed by atoms with E-state index < -0.39 is 0 Å². The van der Waals surface area contributed by atoms with Crippen molar-refractivity contribution < 1.29 is 4.79 Å². The van der Waals surface area contributed by atoms with E-state index in [4.69, 9.17) is 0 Å². The van der Waals surface area contributed by atoms with Gasteiger partial charge in [-0.25, -0.2) is 0 Å². The summed E-state index contributed by atoms with van der Waals surface area (Å²) in [7, 11) is 0. The molecule has 0 spiro atoms. The van der Waals surface area contributed by atoms with Crippen LogP contribution in [-0.2, 0) is 5.75 Å². The normalized spacial score (nSPS) is 10.5. The number of rotatable bonds is 7. The highest BCUT2D eigenvalue weighted by molar-refractivity contribution is 7.99. The number of anilines is 1. The second-order valence-corrected chi connectivity index (χ2v) is 8.04. The first-order valence-electron chi connectivity index (χ1n) is 8.56. The summed E-state index contributed by atoms with van der Waals surface area (Å²) in [6.07, 6.45) is 0. The summed E-state index contributed by atoms with van der Waals surface area (Å²) in [6.45, 7) is 2.11. The highest BCUT2D eigenvalue weighted by Gasteiger charge is 2.09. The van der Waals surface area contributed by atoms with Crippen molar-refractivity contribution in [3.05, 3.63) is 90.0 Å². The molecule has 0 fully saturated rings. The van der Waals surface area contributed by atoms with Gasteiger partial charge in [0.2, 0.25) is 0 Å². The summed E-state index contributed by atoms with van der Waals surface area (Å²) in [5.41, 5.74) is 2.75. The Morgan fingerprint density at radius 1 is 0.846 bits per heavy atom. The fourth-order valence-electron chi connectivity index (χ4n) is 2.48. The van der Waals surface area contributed by atoms with Gasteiger partial charge in [-0.2, -0.15) is 0 Å². The van der Waals surface area contributed by atoms with Crippen molar-refractivity contribution in [3.8, 4) is 0 Å². The van der Waals surface area contributed by atoms with Crippen LogP contribution in [0.4, 0.5) is 5.69 Å². The van der Waals surface area contributed by atoms with E-state index in [1.54, 1.807) is 23.5 Å². The van der Waals surface area contributed by atoms with Gasteiger partial charge in [-0.05, 0) is 47.7 Å². The number of nitrogens with one attached hydrogen (secondary N) is 1. The van der Waals surface area contributed by atoms with Gasteiger partial charge in [0.15, 0.2) is 0 Å². The molecular formula is C22H21NOS2. The van der Waals surface area contributed by atoms with Gasteiger partial charge in [0.1, 0.15) is 0 Å². The van der Waals surface area contributed by atoms with Crippen molar-refractivity contribution in [1.29, 1.82) is 0 Å². The molecule has 4 heteroatoms. The minimum atomic E-state index is -0.0728. The van der Waals surface area contributed by atoms with E-state index in [0.717, 1.165) is 22.1 Å². The molecular weight excluding hydrogens is 358 g/mol. The molecule has 0 heterocycles. The molecule has 1 N–H and O–H groups in total. The Morgan fingerprint density at radius 3 is 2.27 bits per heavy atom. The van der Waals surface area contributed by atoms with Crippen molar-refractivity contribution in [2.24, 2.45) is 0 Å². The summed E-state index contributed by atoms with van der Waals surface area (Å²) < 4.78 is 0. The van der Waals surface area contributed by atoms with E-state index in [9.17, 15) is 4.79 Å². The van der Waals surface area contributed by atoms with E-state index in [1.165, 1.54) is 10.5 Å². The van der Waals surface area contributed by atoms with Crippen LogP contribution in [0.2, 0.25) is 0 Å². The summed E-state index contributed by atoms with van der Waals surface area (Å²) in [6, 6.07) is 26.1. The second-order valence-electron chi connectivity index (χ2n) is 5.68. The Morgan fingerprint density at radius 2 is 1.54 bits per heavy atom. The molecule has 0 saturated heterocycles. The first kappa shape index (κ1) is 18.6. The summed E-state index contributed by atoms with van der Waals surface area (Å²) >= 11 is 3.52. The number of hydrogen-bond acceptors (Lipinski definition) is 3. The van der Waals surface area contributed by atoms with Gasteiger partial charge >= 0.3 is 0 Å². The third-order valence-corrected chi connectivity index (χ3v) is 5.84. The summed E-state index contributed by atoms with van der Waals surface area (Å²) in [5.74, 6) is 1.79. The van der Waals surface area contributed by atoms with Crippen LogP contribution in [0, 0.1) is 0 Å². The maximum absolute atomic E-state index is 12.5. The first-order chi connectivity index (χ1) is 12.8. The molecule has 1 amide bonds. The maximum Gasteiger partial charge on any atom is 0.255 e. The molecule has 0 aromatic heterocycles. The SMILES string of the molecule is CCSc1ccccc1NC(=O)c1ccc(CSc2ccccc2)cc1. The number of carbonyl (C=O) groups excluding carboxylic acids is 1. The van der Waals surface area contributed by atoms with Crippen molar-refractivity contribution in [3.63, 3.8) is 0 Å². The van der Waals surface area contributed by atoms with Crippen LogP contribution in [0.1, 0.15) is 22.8 Å². The zero-order chi connectivity index (χ0) is 18.2. The number of amides is 1. The van der Waals surface area contributed by atoms with Gasteiger partial charge in [-0.1, -0.05) is 49.4 Å². The molecule has 3 aromatic rings. The fraction of sp³-hybridized carbons (Fsp3) is 0.136. The third-order valence-electron chi connectivity index (χ3n) is 3.80. The van der Waals surface area contributed by atoms with E-state index >= 15 is 0 Å². The van der Waals surface area contributed by atoms with Crippen LogP contribution >= 0.6 is 23.5 Å². The monoisotopic (exact) mass is 379 g/mol. The van der Waals surface area contributed by atoms with Gasteiger partial charge in [-0.15, -0.1) is 23.5 Å². The van der Waals surface area contributed by atoms with Gasteiger partial charge in [0.05, 0.1) is 5.69 Å². The average molecular weight is 380 g/mol. The minimum Gasteiger partial charge on any atom is -0.321 e. The molecule has 3 rings (SSSR count). The van der Waals surface area contributed by atoms with Crippen LogP contribution in [0.5, 0.6) is 0 Å². The quantitative estimate of drug-likeness (QED) is 0.485. The molecule has 2 nitrogen and oxygen atoms in total. The summed E-state index contributed by atoms with van der Waals surface area (Å²) in [5, 5.41) is 3.02. The van der Waals surface area contributed by atoms with Gasteiger partial charge in [0.25, 0.3) is 5.91 Å². The Labute approximate surface area is 163 Å². The predicted octanol–water partition coefficient (Wildman–Crippen LogP) is 6.34. The van der Waals surface area contributed by atoms with E-state index in [2.05, 4.69) is 24.4 Å². The standard InChI is InChI=1S/C22H21NOS2/c1-2-25-21-11-7-6-10-20(21)23-22(24)18-14-12-17(13-15-18)16-26-19-8-4-3-5-9-19/h3-15H,2,16H2,1H3,(H,23,24). The Bertz CT molecular complexity index is 848. The third kappa shape index (κ3) is 5.16. The zero-order valence-electron chi connectivity index (χ0n) is 14.6. The van der Waals surface area contributed by atoms with E-state index in [1.807, 2.05) is 66.7 Å². The van der Waals surface area contributed by atoms with Crippen LogP contribution in [-0.4, -0.2) is 11.7 Å². The molecule has 0 aliphatic heterocycles. The Kier molecular flexibility index (Phi) is 6.81. The van der Waals surface area contributed by atoms with E-state index in [-0.39, 0.29) is 5.91 Å². The van der Waals surface area contributed by atoms with Gasteiger partial charge in [-0.3, -0.25) is 4.79 Å². The lowest BCUT2D eigenvalue weighted by atomic mass is 10.1. The highest BCUT2D eigenvalue weighted by Crippen LogP contribution is 2.27. The van der Waals surface area contributed by atoms with Crippen LogP contribution in [0.3, 0.4) is 0 Å². The predicted molar refractivity (Wildman–Crippen MR) is 113 cm³/mol. The molecule has 0 unspecified atom stereocenters. The minimum absolute atomic E-state index is 0.0728. The molecule has 132 valence electrons.